The van der Waals surface area contributed by atoms with E-state index in [0.29, 0.717) is 40.6 Å². The van der Waals surface area contributed by atoms with Crippen LogP contribution in [0.3, 0.4) is 0 Å². The molecule has 1 aliphatic rings. The van der Waals surface area contributed by atoms with Gasteiger partial charge in [-0.1, -0.05) is 23.2 Å². The van der Waals surface area contributed by atoms with E-state index in [1.54, 1.807) is 12.1 Å². The maximum absolute atomic E-state index is 12.3. The van der Waals surface area contributed by atoms with Crippen molar-refractivity contribution in [1.82, 2.24) is 0 Å². The highest BCUT2D eigenvalue weighted by Gasteiger charge is 2.37. The summed E-state index contributed by atoms with van der Waals surface area (Å²) in [6.45, 7) is 0. The summed E-state index contributed by atoms with van der Waals surface area (Å²) in [5.41, 5.74) is -1.08. The standard InChI is InChI=1S/C14H16Cl2O4S/c15-11-2-1-10(7-12(11)16)21(20)8-14(19)5-3-9(4-6-14)13(17)18/h1-2,7,9,19H,3-6,8H2,(H,17,18). The third-order valence-corrected chi connectivity index (χ3v) is 6.14. The molecule has 0 aromatic heterocycles. The predicted molar refractivity (Wildman–Crippen MR) is 82.3 cm³/mol. The van der Waals surface area contributed by atoms with Gasteiger partial charge in [0.05, 0.1) is 38.1 Å². The fourth-order valence-corrected chi connectivity index (χ4v) is 4.27. The van der Waals surface area contributed by atoms with Gasteiger partial charge in [-0.25, -0.2) is 0 Å². The zero-order valence-electron chi connectivity index (χ0n) is 11.2. The lowest BCUT2D eigenvalue weighted by Gasteiger charge is -2.34. The first-order valence-electron chi connectivity index (χ1n) is 6.59. The molecule has 0 heterocycles. The van der Waals surface area contributed by atoms with Crippen LogP contribution in [-0.2, 0) is 15.6 Å². The van der Waals surface area contributed by atoms with Crippen molar-refractivity contribution in [2.45, 2.75) is 36.2 Å². The van der Waals surface area contributed by atoms with Crippen molar-refractivity contribution in [3.63, 3.8) is 0 Å². The lowest BCUT2D eigenvalue weighted by Crippen LogP contribution is -2.40. The predicted octanol–water partition coefficient (Wildman–Crippen LogP) is 3.11. The van der Waals surface area contributed by atoms with Gasteiger partial charge in [0.2, 0.25) is 0 Å². The van der Waals surface area contributed by atoms with Crippen LogP contribution in [0.2, 0.25) is 10.0 Å². The van der Waals surface area contributed by atoms with Crippen LogP contribution in [0.25, 0.3) is 0 Å². The van der Waals surface area contributed by atoms with E-state index in [1.165, 1.54) is 6.07 Å². The Labute approximate surface area is 135 Å². The molecule has 0 radical (unpaired) electrons. The van der Waals surface area contributed by atoms with E-state index in [2.05, 4.69) is 0 Å². The minimum Gasteiger partial charge on any atom is -0.481 e. The highest BCUT2D eigenvalue weighted by molar-refractivity contribution is 7.85. The summed E-state index contributed by atoms with van der Waals surface area (Å²) >= 11 is 11.7. The van der Waals surface area contributed by atoms with E-state index in [4.69, 9.17) is 28.3 Å². The number of benzene rings is 1. The molecule has 2 rings (SSSR count). The van der Waals surface area contributed by atoms with Gasteiger partial charge in [0.1, 0.15) is 0 Å². The van der Waals surface area contributed by atoms with Crippen LogP contribution in [0.1, 0.15) is 25.7 Å². The number of rotatable bonds is 4. The number of halogens is 2. The average Bonchev–Trinajstić information content (AvgIpc) is 2.41. The summed E-state index contributed by atoms with van der Waals surface area (Å²) in [5.74, 6) is -1.16. The largest absolute Gasteiger partial charge is 0.481 e. The van der Waals surface area contributed by atoms with Gasteiger partial charge in [0.15, 0.2) is 0 Å². The lowest BCUT2D eigenvalue weighted by molar-refractivity contribution is -0.144. The molecule has 1 aromatic rings. The average molecular weight is 351 g/mol. The van der Waals surface area contributed by atoms with Crippen LogP contribution in [0.5, 0.6) is 0 Å². The van der Waals surface area contributed by atoms with Crippen molar-refractivity contribution in [3.05, 3.63) is 28.2 Å². The second kappa shape index (κ2) is 6.65. The number of hydrogen-bond acceptors (Lipinski definition) is 3. The summed E-state index contributed by atoms with van der Waals surface area (Å²) in [6.07, 6.45) is 1.50. The molecule has 1 atom stereocenters. The Balaban J connectivity index is 2.02. The zero-order valence-corrected chi connectivity index (χ0v) is 13.5. The topological polar surface area (TPSA) is 74.6 Å². The van der Waals surface area contributed by atoms with Gasteiger partial charge in [-0.15, -0.1) is 0 Å². The van der Waals surface area contributed by atoms with Crippen molar-refractivity contribution < 1.29 is 19.2 Å². The van der Waals surface area contributed by atoms with Crippen LogP contribution in [0, 0.1) is 5.92 Å². The molecule has 0 bridgehead atoms. The Morgan fingerprint density at radius 3 is 2.43 bits per heavy atom. The molecular formula is C14H16Cl2O4S. The molecule has 1 fully saturated rings. The van der Waals surface area contributed by atoms with Gasteiger partial charge in [-0.05, 0) is 43.9 Å². The Hall–Kier alpha value is -0.620. The second-order valence-corrected chi connectivity index (χ2v) is 7.67. The number of carbonyl (C=O) groups is 1. The van der Waals surface area contributed by atoms with Crippen LogP contribution in [0.15, 0.2) is 23.1 Å². The van der Waals surface area contributed by atoms with Crippen molar-refractivity contribution in [1.29, 1.82) is 0 Å². The molecule has 116 valence electrons. The van der Waals surface area contributed by atoms with Gasteiger partial charge < -0.3 is 10.2 Å². The van der Waals surface area contributed by atoms with E-state index in [0.717, 1.165) is 0 Å². The summed E-state index contributed by atoms with van der Waals surface area (Å²) < 4.78 is 12.3. The maximum Gasteiger partial charge on any atom is 0.306 e. The van der Waals surface area contributed by atoms with Crippen LogP contribution >= 0.6 is 23.2 Å². The van der Waals surface area contributed by atoms with Crippen LogP contribution in [0.4, 0.5) is 0 Å². The molecule has 1 aromatic carbocycles. The molecule has 1 saturated carbocycles. The fraction of sp³-hybridized carbons (Fsp3) is 0.500. The summed E-state index contributed by atoms with van der Waals surface area (Å²) in [7, 11) is -1.40. The van der Waals surface area contributed by atoms with Crippen molar-refractivity contribution in [3.8, 4) is 0 Å². The molecule has 4 nitrogen and oxygen atoms in total. The highest BCUT2D eigenvalue weighted by atomic mass is 35.5. The first-order valence-corrected chi connectivity index (χ1v) is 8.67. The smallest absolute Gasteiger partial charge is 0.306 e. The van der Waals surface area contributed by atoms with Crippen molar-refractivity contribution in [2.24, 2.45) is 5.92 Å². The molecule has 7 heteroatoms. The maximum atomic E-state index is 12.3. The highest BCUT2D eigenvalue weighted by Crippen LogP contribution is 2.34. The summed E-state index contributed by atoms with van der Waals surface area (Å²) in [5, 5.41) is 20.1. The molecule has 0 saturated heterocycles. The van der Waals surface area contributed by atoms with Gasteiger partial charge in [-0.2, -0.15) is 0 Å². The van der Waals surface area contributed by atoms with Gasteiger partial charge >= 0.3 is 5.97 Å². The molecule has 1 aliphatic carbocycles. The Kier molecular flexibility index (Phi) is 5.30. The van der Waals surface area contributed by atoms with E-state index < -0.39 is 28.3 Å². The third kappa shape index (κ3) is 4.19. The molecule has 2 N–H and O–H groups in total. The summed E-state index contributed by atoms with van der Waals surface area (Å²) in [4.78, 5) is 11.4. The first kappa shape index (κ1) is 16.7. The van der Waals surface area contributed by atoms with Crippen molar-refractivity contribution in [2.75, 3.05) is 5.75 Å². The van der Waals surface area contributed by atoms with E-state index in [-0.39, 0.29) is 5.75 Å². The van der Waals surface area contributed by atoms with Crippen molar-refractivity contribution >= 4 is 40.0 Å². The fourth-order valence-electron chi connectivity index (χ4n) is 2.49. The molecule has 0 spiro atoms. The molecular weight excluding hydrogens is 335 g/mol. The minimum absolute atomic E-state index is 0.0807. The number of aliphatic carboxylic acids is 1. The number of carboxylic acid groups (broad SMARTS) is 1. The first-order chi connectivity index (χ1) is 9.81. The van der Waals surface area contributed by atoms with Gasteiger partial charge in [-0.3, -0.25) is 9.00 Å². The molecule has 0 aliphatic heterocycles. The monoisotopic (exact) mass is 350 g/mol. The van der Waals surface area contributed by atoms with E-state index in [1.807, 2.05) is 0 Å². The quantitative estimate of drug-likeness (QED) is 0.874. The van der Waals surface area contributed by atoms with Gasteiger partial charge in [0.25, 0.3) is 0 Å². The summed E-state index contributed by atoms with van der Waals surface area (Å²) in [6, 6.07) is 4.73. The number of aliphatic hydroxyl groups is 1. The lowest BCUT2D eigenvalue weighted by atomic mass is 9.80. The number of carboxylic acids is 1. The van der Waals surface area contributed by atoms with Crippen LogP contribution < -0.4 is 0 Å². The van der Waals surface area contributed by atoms with Crippen LogP contribution in [-0.4, -0.2) is 31.7 Å². The van der Waals surface area contributed by atoms with E-state index >= 15 is 0 Å². The number of hydrogen-bond donors (Lipinski definition) is 2. The molecule has 0 amide bonds. The second-order valence-electron chi connectivity index (χ2n) is 5.40. The van der Waals surface area contributed by atoms with E-state index in [9.17, 15) is 14.1 Å². The van der Waals surface area contributed by atoms with Gasteiger partial charge in [0, 0.05) is 4.90 Å². The molecule has 21 heavy (non-hydrogen) atoms. The Bertz CT molecular complexity index is 568. The minimum atomic E-state index is -1.40. The normalized spacial score (nSPS) is 27.3. The zero-order chi connectivity index (χ0) is 15.6. The third-order valence-electron chi connectivity index (χ3n) is 3.82. The Morgan fingerprint density at radius 1 is 1.29 bits per heavy atom. The SMILES string of the molecule is O=C(O)C1CCC(O)(CS(=O)c2ccc(Cl)c(Cl)c2)CC1. The Morgan fingerprint density at radius 2 is 1.90 bits per heavy atom. The molecule has 1 unspecified atom stereocenters.